The number of benzene rings is 3. The minimum atomic E-state index is 0.215. The van der Waals surface area contributed by atoms with Gasteiger partial charge in [0.2, 0.25) is 0 Å². The van der Waals surface area contributed by atoms with Crippen LogP contribution in [0.4, 0.5) is 34.1 Å². The fourth-order valence-corrected chi connectivity index (χ4v) is 3.30. The van der Waals surface area contributed by atoms with Crippen LogP contribution in [-0.2, 0) is 13.0 Å². The maximum Gasteiger partial charge on any atom is 0.0809 e. The van der Waals surface area contributed by atoms with Crippen molar-refractivity contribution < 1.29 is 0 Å². The molecule has 26 heavy (non-hydrogen) atoms. The Hall–Kier alpha value is -3.70. The lowest BCUT2D eigenvalue weighted by Crippen LogP contribution is -2.10. The summed E-state index contributed by atoms with van der Waals surface area (Å²) in [5.41, 5.74) is 51.9. The Kier molecular flexibility index (Phi) is 3.94. The van der Waals surface area contributed by atoms with Gasteiger partial charge >= 0.3 is 0 Å². The van der Waals surface area contributed by atoms with Crippen LogP contribution in [0, 0.1) is 12.0 Å². The first-order chi connectivity index (χ1) is 12.3. The predicted octanol–water partition coefficient (Wildman–Crippen LogP) is 0.407. The van der Waals surface area contributed by atoms with E-state index in [2.05, 4.69) is 12.0 Å². The summed E-state index contributed by atoms with van der Waals surface area (Å²) in [5, 5.41) is 2.75. The van der Waals surface area contributed by atoms with E-state index in [1.165, 1.54) is 0 Å². The van der Waals surface area contributed by atoms with Crippen molar-refractivity contribution in [3.8, 4) is 12.0 Å². The van der Waals surface area contributed by atoms with E-state index in [-0.39, 0.29) is 17.9 Å². The van der Waals surface area contributed by atoms with Gasteiger partial charge in [0, 0.05) is 51.9 Å². The molecular weight excluding hydrogens is 328 g/mol. The molecule has 0 radical (unpaired) electrons. The minimum absolute atomic E-state index is 0.215. The second-order valence-corrected chi connectivity index (χ2v) is 6.08. The summed E-state index contributed by atoms with van der Waals surface area (Å²) in [5.74, 6) is 2.80. The number of fused-ring (bicyclic) bond motifs is 2. The highest BCUT2D eigenvalue weighted by Crippen LogP contribution is 2.43. The van der Waals surface area contributed by atoms with E-state index in [4.69, 9.17) is 45.9 Å². The Morgan fingerprint density at radius 2 is 1.04 bits per heavy atom. The van der Waals surface area contributed by atoms with E-state index in [1.54, 1.807) is 0 Å². The van der Waals surface area contributed by atoms with Crippen LogP contribution in [0.15, 0.2) is 12.1 Å². The highest BCUT2D eigenvalue weighted by Gasteiger charge is 2.18. The molecule has 0 unspecified atom stereocenters. The van der Waals surface area contributed by atoms with Gasteiger partial charge in [-0.2, -0.15) is 0 Å². The maximum absolute atomic E-state index is 6.40. The highest BCUT2D eigenvalue weighted by atomic mass is 14.8. The number of nitrogens with two attached hydrogens (primary N) is 8. The zero-order chi connectivity index (χ0) is 19.2. The van der Waals surface area contributed by atoms with Crippen molar-refractivity contribution in [1.29, 1.82) is 0 Å². The number of rotatable bonds is 2. The van der Waals surface area contributed by atoms with Crippen LogP contribution in [0.3, 0.4) is 0 Å². The van der Waals surface area contributed by atoms with Gasteiger partial charge < -0.3 is 45.9 Å². The molecule has 0 aliphatic carbocycles. The Balaban J connectivity index is 2.53. The molecule has 0 spiro atoms. The van der Waals surface area contributed by atoms with E-state index in [1.807, 2.05) is 12.1 Å². The molecule has 0 aliphatic rings. The molecule has 0 fully saturated rings. The predicted molar refractivity (Wildman–Crippen MR) is 111 cm³/mol. The van der Waals surface area contributed by atoms with E-state index < -0.39 is 0 Å². The molecular formula is C18H22N8. The average Bonchev–Trinajstić information content (AvgIpc) is 2.65. The standard InChI is InChI=1S/C18H22N8/c19-3-1-2-7-12(6-20)14(22)9-5-11-10(4-8(9)13(7)21)15(23)17(25)18(26)16(11)24/h4-5H,2,6,19-26H2. The number of anilines is 6. The monoisotopic (exact) mass is 350 g/mol. The summed E-state index contributed by atoms with van der Waals surface area (Å²) >= 11 is 0. The molecule has 3 aromatic rings. The third-order valence-electron chi connectivity index (χ3n) is 4.77. The fraction of sp³-hybridized carbons (Fsp3) is 0.111. The van der Waals surface area contributed by atoms with Gasteiger partial charge in [-0.25, -0.2) is 0 Å². The van der Waals surface area contributed by atoms with Crippen LogP contribution >= 0.6 is 0 Å². The summed E-state index contributed by atoms with van der Waals surface area (Å²) in [6, 6.07) is 6.00. The third-order valence-corrected chi connectivity index (χ3v) is 4.77. The second-order valence-electron chi connectivity index (χ2n) is 6.08. The summed E-state index contributed by atoms with van der Waals surface area (Å²) in [6.07, 6.45) is 0.342. The average molecular weight is 350 g/mol. The zero-order valence-corrected chi connectivity index (χ0v) is 14.2. The Morgan fingerprint density at radius 1 is 0.615 bits per heavy atom. The smallest absolute Gasteiger partial charge is 0.0809 e. The van der Waals surface area contributed by atoms with Gasteiger partial charge in [0.25, 0.3) is 0 Å². The number of hydrogen-bond donors (Lipinski definition) is 8. The van der Waals surface area contributed by atoms with Crippen molar-refractivity contribution in [3.05, 3.63) is 23.3 Å². The molecule has 3 rings (SSSR count). The van der Waals surface area contributed by atoms with E-state index >= 15 is 0 Å². The van der Waals surface area contributed by atoms with Gasteiger partial charge in [-0.1, -0.05) is 5.92 Å². The lowest BCUT2D eigenvalue weighted by Gasteiger charge is -2.19. The third kappa shape index (κ3) is 2.22. The molecule has 134 valence electrons. The van der Waals surface area contributed by atoms with Crippen molar-refractivity contribution in [2.75, 3.05) is 34.4 Å². The van der Waals surface area contributed by atoms with Crippen molar-refractivity contribution in [3.63, 3.8) is 0 Å². The summed E-state index contributed by atoms with van der Waals surface area (Å²) in [4.78, 5) is 0. The van der Waals surface area contributed by atoms with Crippen LogP contribution < -0.4 is 45.9 Å². The topological polar surface area (TPSA) is 208 Å². The summed E-state index contributed by atoms with van der Waals surface area (Å²) in [7, 11) is 0. The van der Waals surface area contributed by atoms with Gasteiger partial charge in [0.1, 0.15) is 0 Å². The SMILES string of the molecule is NC#CCc1c(CN)c(N)c2cc3c(N)c(N)c(N)c(N)c3cc2c1N. The molecule has 0 aliphatic heterocycles. The van der Waals surface area contributed by atoms with E-state index in [0.717, 1.165) is 21.9 Å². The van der Waals surface area contributed by atoms with Gasteiger partial charge in [0.15, 0.2) is 0 Å². The van der Waals surface area contributed by atoms with E-state index in [0.29, 0.717) is 39.9 Å². The fourth-order valence-electron chi connectivity index (χ4n) is 3.30. The molecule has 8 heteroatoms. The van der Waals surface area contributed by atoms with Crippen molar-refractivity contribution in [2.24, 2.45) is 11.5 Å². The molecule has 0 atom stereocenters. The van der Waals surface area contributed by atoms with Crippen LogP contribution in [0.2, 0.25) is 0 Å². The van der Waals surface area contributed by atoms with Gasteiger partial charge in [0.05, 0.1) is 22.7 Å². The molecule has 0 aromatic heterocycles. The minimum Gasteiger partial charge on any atom is -0.398 e. The molecule has 3 aromatic carbocycles. The number of hydrogen-bond acceptors (Lipinski definition) is 8. The Morgan fingerprint density at radius 3 is 1.46 bits per heavy atom. The molecule has 16 N–H and O–H groups in total. The molecule has 8 nitrogen and oxygen atoms in total. The van der Waals surface area contributed by atoms with Gasteiger partial charge in [-0.05, 0) is 23.3 Å². The summed E-state index contributed by atoms with van der Waals surface area (Å²) in [6.45, 7) is 0.215. The zero-order valence-electron chi connectivity index (χ0n) is 14.2. The maximum atomic E-state index is 6.40. The molecule has 0 saturated heterocycles. The van der Waals surface area contributed by atoms with Crippen LogP contribution in [0.1, 0.15) is 11.1 Å². The van der Waals surface area contributed by atoms with Gasteiger partial charge in [-0.15, -0.1) is 0 Å². The van der Waals surface area contributed by atoms with Crippen LogP contribution in [0.25, 0.3) is 21.5 Å². The quantitative estimate of drug-likeness (QED) is 0.140. The summed E-state index contributed by atoms with van der Waals surface area (Å²) < 4.78 is 0. The van der Waals surface area contributed by atoms with E-state index in [9.17, 15) is 0 Å². The first-order valence-electron chi connectivity index (χ1n) is 7.89. The van der Waals surface area contributed by atoms with Crippen molar-refractivity contribution >= 4 is 55.7 Å². The normalized spacial score (nSPS) is 10.8. The first kappa shape index (κ1) is 17.1. The van der Waals surface area contributed by atoms with Gasteiger partial charge in [-0.3, -0.25) is 0 Å². The van der Waals surface area contributed by atoms with Crippen LogP contribution in [0.5, 0.6) is 0 Å². The molecule has 0 amide bonds. The van der Waals surface area contributed by atoms with Crippen molar-refractivity contribution in [2.45, 2.75) is 13.0 Å². The Labute approximate surface area is 150 Å². The lowest BCUT2D eigenvalue weighted by atomic mass is 9.91. The molecule has 0 bridgehead atoms. The molecule has 0 saturated carbocycles. The second kappa shape index (κ2) is 5.98. The largest absolute Gasteiger partial charge is 0.398 e. The lowest BCUT2D eigenvalue weighted by molar-refractivity contribution is 1.05. The Bertz CT molecular complexity index is 1120. The van der Waals surface area contributed by atoms with Crippen molar-refractivity contribution in [1.82, 2.24) is 0 Å². The highest BCUT2D eigenvalue weighted by molar-refractivity contribution is 6.19. The van der Waals surface area contributed by atoms with Crippen LogP contribution in [-0.4, -0.2) is 0 Å². The number of nitrogen functional groups attached to an aromatic ring is 6. The molecule has 0 heterocycles. The first-order valence-corrected chi connectivity index (χ1v) is 7.89.